The van der Waals surface area contributed by atoms with Gasteiger partial charge in [0.2, 0.25) is 0 Å². The summed E-state index contributed by atoms with van der Waals surface area (Å²) in [7, 11) is 1.46. The summed E-state index contributed by atoms with van der Waals surface area (Å²) in [6.45, 7) is 6.36. The monoisotopic (exact) mass is 695 g/mol. The number of nitro groups is 1. The Kier molecular flexibility index (Phi) is 9.95. The van der Waals surface area contributed by atoms with Crippen molar-refractivity contribution < 1.29 is 33.1 Å². The van der Waals surface area contributed by atoms with E-state index in [9.17, 15) is 19.7 Å². The molecule has 1 atom stereocenters. The lowest BCUT2D eigenvalue weighted by Gasteiger charge is -2.26. The Morgan fingerprint density at radius 3 is 2.40 bits per heavy atom. The summed E-state index contributed by atoms with van der Waals surface area (Å²) >= 11 is 1.14. The fourth-order valence-corrected chi connectivity index (χ4v) is 6.68. The van der Waals surface area contributed by atoms with Crippen molar-refractivity contribution in [2.24, 2.45) is 4.99 Å². The molecular formula is C37H33N3O9S. The van der Waals surface area contributed by atoms with Gasteiger partial charge in [0.25, 0.3) is 11.2 Å². The minimum absolute atomic E-state index is 0.116. The molecule has 6 rings (SSSR count). The molecule has 0 bridgehead atoms. The van der Waals surface area contributed by atoms with Crippen LogP contribution in [-0.4, -0.2) is 42.4 Å². The number of non-ortho nitro benzene ring substituents is 1. The number of nitrogens with zero attached hydrogens (tertiary/aromatic N) is 3. The zero-order chi connectivity index (χ0) is 35.4. The number of thiazole rings is 1. The molecule has 3 heterocycles. The molecule has 12 nitrogen and oxygen atoms in total. The molecule has 0 unspecified atom stereocenters. The maximum atomic E-state index is 14.4. The molecule has 1 aliphatic rings. The van der Waals surface area contributed by atoms with E-state index in [2.05, 4.69) is 0 Å². The maximum absolute atomic E-state index is 14.4. The van der Waals surface area contributed by atoms with Crippen molar-refractivity contribution in [2.75, 3.05) is 26.9 Å². The van der Waals surface area contributed by atoms with Crippen molar-refractivity contribution in [3.8, 4) is 28.6 Å². The average Bonchev–Trinajstić information content (AvgIpc) is 3.72. The summed E-state index contributed by atoms with van der Waals surface area (Å²) in [5.74, 6) is 1.42. The van der Waals surface area contributed by atoms with E-state index in [1.165, 1.54) is 29.9 Å². The first-order valence-corrected chi connectivity index (χ1v) is 16.7. The predicted octanol–water partition coefficient (Wildman–Crippen LogP) is 5.91. The zero-order valence-electron chi connectivity index (χ0n) is 27.7. The first kappa shape index (κ1) is 33.9. The number of rotatable bonds is 12. The summed E-state index contributed by atoms with van der Waals surface area (Å²) in [6, 6.07) is 21.2. The number of hydrogen-bond acceptors (Lipinski definition) is 11. The van der Waals surface area contributed by atoms with Gasteiger partial charge in [-0.05, 0) is 56.7 Å². The van der Waals surface area contributed by atoms with Crippen LogP contribution in [0.2, 0.25) is 0 Å². The Bertz CT molecular complexity index is 2290. The molecule has 0 saturated carbocycles. The minimum Gasteiger partial charge on any atom is -0.496 e. The van der Waals surface area contributed by atoms with Crippen LogP contribution in [0.15, 0.2) is 98.6 Å². The number of carbonyl (C=O) groups is 1. The van der Waals surface area contributed by atoms with Crippen molar-refractivity contribution in [1.82, 2.24) is 4.57 Å². The van der Waals surface area contributed by atoms with Gasteiger partial charge in [-0.25, -0.2) is 9.79 Å². The van der Waals surface area contributed by atoms with E-state index in [4.69, 9.17) is 28.4 Å². The molecule has 0 spiro atoms. The molecule has 3 aromatic carbocycles. The smallest absolute Gasteiger partial charge is 0.338 e. The van der Waals surface area contributed by atoms with E-state index in [1.54, 1.807) is 43.3 Å². The van der Waals surface area contributed by atoms with Crippen molar-refractivity contribution in [2.45, 2.75) is 26.8 Å². The van der Waals surface area contributed by atoms with Crippen LogP contribution in [0.3, 0.4) is 0 Å². The van der Waals surface area contributed by atoms with Gasteiger partial charge in [0, 0.05) is 23.8 Å². The summed E-state index contributed by atoms with van der Waals surface area (Å²) in [5.41, 5.74) is 1.69. The standard InChI is InChI=1S/C37H33N3O9S/c1-5-46-29-16-13-23(19-30(29)47-6-2)34-32(36(42)48-7-3)33(22-11-9-8-10-12-22)38-37-39(34)35(41)31(50-37)21-25-15-18-28(49-25)26-20-24(40(43)44)14-17-27(26)45-4/h8-21,34H,5-7H2,1-4H3/b31-21+/t34-/m0/s1. The normalized spacial score (nSPS) is 14.2. The molecule has 0 aliphatic carbocycles. The lowest BCUT2D eigenvalue weighted by Crippen LogP contribution is -2.40. The molecule has 0 radical (unpaired) electrons. The third-order valence-corrected chi connectivity index (χ3v) is 8.80. The highest BCUT2D eigenvalue weighted by molar-refractivity contribution is 7.07. The number of furan rings is 1. The second-order valence-electron chi connectivity index (χ2n) is 10.8. The first-order valence-electron chi connectivity index (χ1n) is 15.9. The molecule has 1 aliphatic heterocycles. The molecule has 0 fully saturated rings. The first-order chi connectivity index (χ1) is 24.3. The second-order valence-corrected chi connectivity index (χ2v) is 11.9. The molecule has 13 heteroatoms. The van der Waals surface area contributed by atoms with Crippen LogP contribution < -0.4 is 29.1 Å². The Morgan fingerprint density at radius 1 is 0.960 bits per heavy atom. The van der Waals surface area contributed by atoms with Crippen LogP contribution in [0.1, 0.15) is 43.7 Å². The highest BCUT2D eigenvalue weighted by Gasteiger charge is 2.35. The van der Waals surface area contributed by atoms with Gasteiger partial charge < -0.3 is 23.4 Å². The molecule has 50 heavy (non-hydrogen) atoms. The summed E-state index contributed by atoms with van der Waals surface area (Å²) in [4.78, 5) is 44.4. The van der Waals surface area contributed by atoms with Gasteiger partial charge in [-0.2, -0.15) is 0 Å². The largest absolute Gasteiger partial charge is 0.496 e. The summed E-state index contributed by atoms with van der Waals surface area (Å²) in [5, 5.41) is 11.4. The lowest BCUT2D eigenvalue weighted by atomic mass is 9.93. The van der Waals surface area contributed by atoms with Gasteiger partial charge in [0.15, 0.2) is 16.3 Å². The van der Waals surface area contributed by atoms with Crippen LogP contribution in [0, 0.1) is 10.1 Å². The molecule has 0 amide bonds. The van der Waals surface area contributed by atoms with Gasteiger partial charge in [-0.3, -0.25) is 19.5 Å². The Balaban J connectivity index is 1.56. The topological polar surface area (TPSA) is 145 Å². The van der Waals surface area contributed by atoms with E-state index < -0.39 is 22.5 Å². The van der Waals surface area contributed by atoms with E-state index in [1.807, 2.05) is 44.2 Å². The van der Waals surface area contributed by atoms with Crippen LogP contribution in [0.25, 0.3) is 23.1 Å². The minimum atomic E-state index is -0.932. The number of carbonyl (C=O) groups excluding carboxylic acids is 1. The number of ether oxygens (including phenoxy) is 4. The number of hydrogen-bond donors (Lipinski definition) is 0. The number of esters is 1. The van der Waals surface area contributed by atoms with Crippen LogP contribution in [-0.2, 0) is 9.53 Å². The van der Waals surface area contributed by atoms with Gasteiger partial charge in [0.05, 0.1) is 59.3 Å². The highest BCUT2D eigenvalue weighted by atomic mass is 32.1. The van der Waals surface area contributed by atoms with Gasteiger partial charge in [-0.15, -0.1) is 0 Å². The Labute approximate surface area is 290 Å². The van der Waals surface area contributed by atoms with Crippen LogP contribution >= 0.6 is 11.3 Å². The number of fused-ring (bicyclic) bond motifs is 1. The highest BCUT2D eigenvalue weighted by Crippen LogP contribution is 2.39. The van der Waals surface area contributed by atoms with E-state index in [0.717, 1.165) is 11.3 Å². The van der Waals surface area contributed by atoms with Crippen molar-refractivity contribution in [3.05, 3.63) is 131 Å². The zero-order valence-corrected chi connectivity index (χ0v) is 28.5. The van der Waals surface area contributed by atoms with Crippen molar-refractivity contribution >= 4 is 34.8 Å². The van der Waals surface area contributed by atoms with Crippen LogP contribution in [0.5, 0.6) is 17.2 Å². The fourth-order valence-electron chi connectivity index (χ4n) is 5.70. The van der Waals surface area contributed by atoms with Crippen molar-refractivity contribution in [3.63, 3.8) is 0 Å². The van der Waals surface area contributed by atoms with Gasteiger partial charge >= 0.3 is 5.97 Å². The molecular weight excluding hydrogens is 662 g/mol. The molecule has 0 N–H and O–H groups in total. The number of aromatic nitrogens is 1. The average molecular weight is 696 g/mol. The third kappa shape index (κ3) is 6.54. The van der Waals surface area contributed by atoms with E-state index >= 15 is 0 Å². The second kappa shape index (κ2) is 14.7. The van der Waals surface area contributed by atoms with E-state index in [0.29, 0.717) is 69.2 Å². The van der Waals surface area contributed by atoms with Crippen LogP contribution in [0.4, 0.5) is 5.69 Å². The molecule has 2 aromatic heterocycles. The van der Waals surface area contributed by atoms with Gasteiger partial charge in [0.1, 0.15) is 17.3 Å². The van der Waals surface area contributed by atoms with E-state index in [-0.39, 0.29) is 22.4 Å². The maximum Gasteiger partial charge on any atom is 0.338 e. The lowest BCUT2D eigenvalue weighted by molar-refractivity contribution is -0.384. The number of methoxy groups -OCH3 is 1. The quantitative estimate of drug-likeness (QED) is 0.0884. The molecule has 0 saturated heterocycles. The predicted molar refractivity (Wildman–Crippen MR) is 187 cm³/mol. The molecule has 256 valence electrons. The fraction of sp³-hybridized carbons (Fsp3) is 0.216. The number of nitro benzene ring substituents is 1. The van der Waals surface area contributed by atoms with Crippen molar-refractivity contribution in [1.29, 1.82) is 0 Å². The SMILES string of the molecule is CCOC(=O)C1=C(c2ccccc2)N=c2s/c(=C/c3ccc(-c4cc([N+](=O)[O-])ccc4OC)o3)c(=O)n2[C@H]1c1ccc(OCC)c(OCC)c1. The summed E-state index contributed by atoms with van der Waals surface area (Å²) < 4.78 is 30.5. The van der Waals surface area contributed by atoms with Gasteiger partial charge in [-0.1, -0.05) is 47.7 Å². The Hall–Kier alpha value is -5.95. The summed E-state index contributed by atoms with van der Waals surface area (Å²) in [6.07, 6.45) is 1.58. The Morgan fingerprint density at radius 2 is 1.70 bits per heavy atom. The number of benzene rings is 3. The molecule has 5 aromatic rings. The third-order valence-electron chi connectivity index (χ3n) is 7.82.